The molecule has 3 fully saturated rings. The summed E-state index contributed by atoms with van der Waals surface area (Å²) in [5.74, 6) is 1.68. The monoisotopic (exact) mass is 448 g/mol. The Bertz CT molecular complexity index is 992. The van der Waals surface area contributed by atoms with Crippen LogP contribution in [0.3, 0.4) is 0 Å². The molecular formula is C28H36N2O3. The first-order valence-corrected chi connectivity index (χ1v) is 12.4. The van der Waals surface area contributed by atoms with Crippen molar-refractivity contribution in [2.75, 3.05) is 33.8 Å². The van der Waals surface area contributed by atoms with Crippen LogP contribution >= 0.6 is 0 Å². The Morgan fingerprint density at radius 1 is 1.12 bits per heavy atom. The standard InChI is InChI=1S/C28H36N2O3/c1-29(26(31)22-7-4-3-5-8-22)24-13-14-28(32)20-30(19-21-11-12-21)16-15-27(28,18-24)23-9-6-10-25(17-23)33-2/h3-10,17,21,24,32H,11-16,18-20H2,1-2H3/t24-,27?,28?/m1/s1. The van der Waals surface area contributed by atoms with Crippen LogP contribution in [0.1, 0.15) is 54.4 Å². The zero-order valence-corrected chi connectivity index (χ0v) is 19.9. The van der Waals surface area contributed by atoms with E-state index in [1.165, 1.54) is 12.8 Å². The molecule has 1 saturated heterocycles. The SMILES string of the molecule is COc1cccc(C23CCN(CC4CC4)CC2(O)CC[C@@H](N(C)C(=O)c2ccccc2)C3)c1. The summed E-state index contributed by atoms with van der Waals surface area (Å²) in [7, 11) is 3.61. The van der Waals surface area contributed by atoms with Crippen molar-refractivity contribution in [3.63, 3.8) is 0 Å². The van der Waals surface area contributed by atoms with Gasteiger partial charge in [0.1, 0.15) is 5.75 Å². The first-order chi connectivity index (χ1) is 15.9. The van der Waals surface area contributed by atoms with Gasteiger partial charge in [0, 0.05) is 37.2 Å². The second kappa shape index (κ2) is 8.77. The number of carbonyl (C=O) groups is 1. The van der Waals surface area contributed by atoms with Gasteiger partial charge >= 0.3 is 0 Å². The van der Waals surface area contributed by atoms with Crippen LogP contribution in [0.25, 0.3) is 0 Å². The molecule has 2 unspecified atom stereocenters. The molecule has 1 amide bonds. The van der Waals surface area contributed by atoms with E-state index in [1.807, 2.05) is 54.4 Å². The van der Waals surface area contributed by atoms with Crippen LogP contribution in [0.15, 0.2) is 54.6 Å². The average Bonchev–Trinajstić information content (AvgIpc) is 3.67. The van der Waals surface area contributed by atoms with Crippen molar-refractivity contribution < 1.29 is 14.6 Å². The lowest BCUT2D eigenvalue weighted by atomic mass is 9.55. The van der Waals surface area contributed by atoms with E-state index in [2.05, 4.69) is 17.0 Å². The van der Waals surface area contributed by atoms with Crippen molar-refractivity contribution in [3.05, 3.63) is 65.7 Å². The minimum absolute atomic E-state index is 0.0537. The summed E-state index contributed by atoms with van der Waals surface area (Å²) in [5.41, 5.74) is 0.659. The Labute approximate surface area is 197 Å². The number of methoxy groups -OCH3 is 1. The molecule has 5 rings (SSSR count). The van der Waals surface area contributed by atoms with Gasteiger partial charge in [-0.3, -0.25) is 4.79 Å². The first-order valence-electron chi connectivity index (χ1n) is 12.4. The van der Waals surface area contributed by atoms with Gasteiger partial charge in [0.05, 0.1) is 12.7 Å². The molecule has 3 aliphatic rings. The molecule has 5 nitrogen and oxygen atoms in total. The Kier molecular flexibility index (Phi) is 5.96. The number of amides is 1. The topological polar surface area (TPSA) is 53.0 Å². The summed E-state index contributed by atoms with van der Waals surface area (Å²) in [6.07, 6.45) is 5.82. The summed E-state index contributed by atoms with van der Waals surface area (Å²) in [6.45, 7) is 2.80. The number of aliphatic hydroxyl groups is 1. The number of carbonyl (C=O) groups excluding carboxylic acids is 1. The number of likely N-dealkylation sites (tertiary alicyclic amines) is 1. The number of fused-ring (bicyclic) bond motifs is 1. The maximum absolute atomic E-state index is 13.2. The van der Waals surface area contributed by atoms with Crippen molar-refractivity contribution in [3.8, 4) is 5.75 Å². The zero-order chi connectivity index (χ0) is 23.1. The van der Waals surface area contributed by atoms with Crippen LogP contribution in [0, 0.1) is 5.92 Å². The lowest BCUT2D eigenvalue weighted by molar-refractivity contribution is -0.132. The van der Waals surface area contributed by atoms with Crippen molar-refractivity contribution >= 4 is 5.91 Å². The van der Waals surface area contributed by atoms with Crippen LogP contribution in [0.2, 0.25) is 0 Å². The minimum Gasteiger partial charge on any atom is -0.497 e. The van der Waals surface area contributed by atoms with Crippen LogP contribution in [0.4, 0.5) is 0 Å². The zero-order valence-electron chi connectivity index (χ0n) is 19.9. The molecule has 2 aliphatic carbocycles. The predicted molar refractivity (Wildman–Crippen MR) is 130 cm³/mol. The normalized spacial score (nSPS) is 29.8. The second-order valence-electron chi connectivity index (χ2n) is 10.5. The van der Waals surface area contributed by atoms with Gasteiger partial charge in [-0.1, -0.05) is 30.3 Å². The fourth-order valence-corrected chi connectivity index (χ4v) is 6.26. The highest BCUT2D eigenvalue weighted by atomic mass is 16.5. The van der Waals surface area contributed by atoms with Crippen LogP contribution in [-0.2, 0) is 5.41 Å². The van der Waals surface area contributed by atoms with E-state index in [0.717, 1.165) is 55.1 Å². The molecule has 2 saturated carbocycles. The van der Waals surface area contributed by atoms with Gasteiger partial charge in [-0.15, -0.1) is 0 Å². The summed E-state index contributed by atoms with van der Waals surface area (Å²) < 4.78 is 5.55. The summed E-state index contributed by atoms with van der Waals surface area (Å²) in [4.78, 5) is 17.6. The molecule has 1 N–H and O–H groups in total. The highest BCUT2D eigenvalue weighted by molar-refractivity contribution is 5.94. The van der Waals surface area contributed by atoms with Crippen LogP contribution in [0.5, 0.6) is 5.75 Å². The molecule has 2 aromatic carbocycles. The maximum atomic E-state index is 13.2. The molecule has 5 heteroatoms. The predicted octanol–water partition coefficient (Wildman–Crippen LogP) is 4.10. The quantitative estimate of drug-likeness (QED) is 0.723. The molecule has 0 aromatic heterocycles. The highest BCUT2D eigenvalue weighted by Crippen LogP contribution is 2.53. The van der Waals surface area contributed by atoms with Gasteiger partial charge in [0.15, 0.2) is 0 Å². The number of nitrogens with zero attached hydrogens (tertiary/aromatic N) is 2. The molecule has 1 heterocycles. The van der Waals surface area contributed by atoms with E-state index in [-0.39, 0.29) is 11.9 Å². The average molecular weight is 449 g/mol. The molecule has 1 aliphatic heterocycles. The second-order valence-corrected chi connectivity index (χ2v) is 10.5. The molecule has 2 aromatic rings. The summed E-state index contributed by atoms with van der Waals surface area (Å²) in [5, 5.41) is 12.2. The Balaban J connectivity index is 1.46. The first kappa shape index (κ1) is 22.4. The van der Waals surface area contributed by atoms with Gasteiger partial charge in [-0.25, -0.2) is 0 Å². The third-order valence-electron chi connectivity index (χ3n) is 8.43. The van der Waals surface area contributed by atoms with E-state index in [4.69, 9.17) is 4.74 Å². The molecule has 176 valence electrons. The highest BCUT2D eigenvalue weighted by Gasteiger charge is 2.58. The smallest absolute Gasteiger partial charge is 0.253 e. The fourth-order valence-electron chi connectivity index (χ4n) is 6.26. The van der Waals surface area contributed by atoms with Gasteiger partial charge in [-0.2, -0.15) is 0 Å². The molecule has 0 spiro atoms. The third-order valence-corrected chi connectivity index (χ3v) is 8.43. The van der Waals surface area contributed by atoms with Gasteiger partial charge < -0.3 is 19.6 Å². The number of rotatable bonds is 6. The van der Waals surface area contributed by atoms with E-state index < -0.39 is 11.0 Å². The molecule has 0 bridgehead atoms. The number of β-amino-alcohol motifs (C(OH)–C–C–N with tert-alkyl or cyclic N) is 1. The Morgan fingerprint density at radius 2 is 1.91 bits per heavy atom. The minimum atomic E-state index is -0.806. The number of ether oxygens (including phenoxy) is 1. The molecule has 33 heavy (non-hydrogen) atoms. The number of hydrogen-bond acceptors (Lipinski definition) is 4. The summed E-state index contributed by atoms with van der Waals surface area (Å²) >= 11 is 0. The van der Waals surface area contributed by atoms with Gasteiger partial charge in [-0.05, 0) is 80.8 Å². The number of benzene rings is 2. The molecule has 0 radical (unpaired) electrons. The van der Waals surface area contributed by atoms with E-state index >= 15 is 0 Å². The van der Waals surface area contributed by atoms with E-state index in [9.17, 15) is 9.90 Å². The Morgan fingerprint density at radius 3 is 2.64 bits per heavy atom. The third kappa shape index (κ3) is 4.17. The van der Waals surface area contributed by atoms with Crippen molar-refractivity contribution in [1.82, 2.24) is 9.80 Å². The van der Waals surface area contributed by atoms with Crippen molar-refractivity contribution in [1.29, 1.82) is 0 Å². The molecule has 3 atom stereocenters. The fraction of sp³-hybridized carbons (Fsp3) is 0.536. The number of piperidine rings is 1. The van der Waals surface area contributed by atoms with Crippen molar-refractivity contribution in [2.24, 2.45) is 5.92 Å². The largest absolute Gasteiger partial charge is 0.497 e. The molecular weight excluding hydrogens is 412 g/mol. The van der Waals surface area contributed by atoms with E-state index in [0.29, 0.717) is 13.0 Å². The van der Waals surface area contributed by atoms with Crippen LogP contribution < -0.4 is 4.74 Å². The number of hydrogen-bond donors (Lipinski definition) is 1. The van der Waals surface area contributed by atoms with E-state index in [1.54, 1.807) is 7.11 Å². The maximum Gasteiger partial charge on any atom is 0.253 e. The summed E-state index contributed by atoms with van der Waals surface area (Å²) in [6, 6.07) is 17.8. The Hall–Kier alpha value is -2.37. The van der Waals surface area contributed by atoms with Crippen molar-refractivity contribution in [2.45, 2.75) is 55.6 Å². The van der Waals surface area contributed by atoms with Gasteiger partial charge in [0.2, 0.25) is 0 Å². The lowest BCUT2D eigenvalue weighted by Crippen LogP contribution is -2.67. The van der Waals surface area contributed by atoms with Gasteiger partial charge in [0.25, 0.3) is 5.91 Å². The van der Waals surface area contributed by atoms with Crippen LogP contribution in [-0.4, -0.2) is 66.2 Å². The lowest BCUT2D eigenvalue weighted by Gasteiger charge is -2.59.